The van der Waals surface area contributed by atoms with Crippen LogP contribution in [0, 0.1) is 0 Å². The molecule has 0 radical (unpaired) electrons. The molecule has 0 spiro atoms. The van der Waals surface area contributed by atoms with Crippen LogP contribution in [0.25, 0.3) is 0 Å². The summed E-state index contributed by atoms with van der Waals surface area (Å²) in [7, 11) is 3.05. The molecule has 0 fully saturated rings. The van der Waals surface area contributed by atoms with Crippen molar-refractivity contribution in [3.63, 3.8) is 0 Å². The van der Waals surface area contributed by atoms with Crippen LogP contribution in [0.4, 0.5) is 5.69 Å². The Hall–Kier alpha value is -1.98. The van der Waals surface area contributed by atoms with Crippen molar-refractivity contribution in [2.24, 2.45) is 0 Å². The van der Waals surface area contributed by atoms with E-state index in [4.69, 9.17) is 32.7 Å². The number of aromatic nitrogens is 1. The number of hydrogen-bond donors (Lipinski definition) is 1. The second kappa shape index (κ2) is 6.65. The van der Waals surface area contributed by atoms with Gasteiger partial charge < -0.3 is 14.8 Å². The minimum atomic E-state index is -0.409. The summed E-state index contributed by atoms with van der Waals surface area (Å²) in [5.41, 5.74) is 0.724. The fourth-order valence-electron chi connectivity index (χ4n) is 1.68. The molecule has 0 aliphatic carbocycles. The van der Waals surface area contributed by atoms with Gasteiger partial charge in [-0.3, -0.25) is 4.79 Å². The lowest BCUT2D eigenvalue weighted by atomic mass is 10.2. The highest BCUT2D eigenvalue weighted by Gasteiger charge is 2.14. The summed E-state index contributed by atoms with van der Waals surface area (Å²) >= 11 is 11.7. The summed E-state index contributed by atoms with van der Waals surface area (Å²) in [5.74, 6) is 0.682. The van der Waals surface area contributed by atoms with Gasteiger partial charge in [0.05, 0.1) is 30.5 Å². The van der Waals surface area contributed by atoms with E-state index in [0.717, 1.165) is 0 Å². The van der Waals surface area contributed by atoms with Gasteiger partial charge in [-0.05, 0) is 18.2 Å². The van der Waals surface area contributed by atoms with Crippen molar-refractivity contribution in [1.29, 1.82) is 0 Å². The Labute approximate surface area is 131 Å². The van der Waals surface area contributed by atoms with E-state index in [2.05, 4.69) is 10.3 Å². The topological polar surface area (TPSA) is 60.5 Å². The second-order valence-electron chi connectivity index (χ2n) is 4.01. The van der Waals surface area contributed by atoms with Crippen molar-refractivity contribution in [1.82, 2.24) is 4.98 Å². The van der Waals surface area contributed by atoms with Crippen molar-refractivity contribution >= 4 is 34.8 Å². The summed E-state index contributed by atoms with van der Waals surface area (Å²) in [4.78, 5) is 16.0. The smallest absolute Gasteiger partial charge is 0.257 e. The molecule has 0 saturated heterocycles. The van der Waals surface area contributed by atoms with Crippen LogP contribution in [-0.4, -0.2) is 25.1 Å². The van der Waals surface area contributed by atoms with Crippen LogP contribution in [0.3, 0.4) is 0 Å². The second-order valence-corrected chi connectivity index (χ2v) is 4.80. The Bertz CT molecular complexity index is 677. The number of halogens is 2. The molecule has 0 saturated carbocycles. The zero-order chi connectivity index (χ0) is 15.4. The highest BCUT2D eigenvalue weighted by molar-refractivity contribution is 6.35. The molecule has 7 heteroatoms. The summed E-state index contributed by atoms with van der Waals surface area (Å²) in [6.07, 6.45) is 1.32. The lowest BCUT2D eigenvalue weighted by Crippen LogP contribution is -2.13. The summed E-state index contributed by atoms with van der Waals surface area (Å²) in [6.45, 7) is 0. The number of nitrogens with zero attached hydrogens (tertiary/aromatic N) is 1. The Morgan fingerprint density at radius 2 is 1.95 bits per heavy atom. The minimum Gasteiger partial charge on any atom is -0.497 e. The average Bonchev–Trinajstić information content (AvgIpc) is 2.49. The maximum Gasteiger partial charge on any atom is 0.257 e. The van der Waals surface area contributed by atoms with E-state index in [1.165, 1.54) is 19.4 Å². The minimum absolute atomic E-state index is 0.186. The highest BCUT2D eigenvalue weighted by Crippen LogP contribution is 2.30. The van der Waals surface area contributed by atoms with Crippen LogP contribution >= 0.6 is 23.2 Å². The van der Waals surface area contributed by atoms with Gasteiger partial charge in [0.1, 0.15) is 16.7 Å². The maximum absolute atomic E-state index is 12.2. The van der Waals surface area contributed by atoms with Gasteiger partial charge in [0.2, 0.25) is 0 Å². The van der Waals surface area contributed by atoms with Crippen molar-refractivity contribution in [3.05, 3.63) is 46.2 Å². The molecular weight excluding hydrogens is 315 g/mol. The summed E-state index contributed by atoms with van der Waals surface area (Å²) < 4.78 is 10.3. The molecule has 110 valence electrons. The van der Waals surface area contributed by atoms with E-state index >= 15 is 0 Å². The lowest BCUT2D eigenvalue weighted by molar-refractivity contribution is 0.102. The van der Waals surface area contributed by atoms with Crippen LogP contribution in [0.5, 0.6) is 11.5 Å². The fourth-order valence-corrected chi connectivity index (χ4v) is 2.03. The molecule has 1 N–H and O–H groups in total. The van der Waals surface area contributed by atoms with Crippen LogP contribution in [0.1, 0.15) is 10.4 Å². The Morgan fingerprint density at radius 1 is 1.19 bits per heavy atom. The van der Waals surface area contributed by atoms with Gasteiger partial charge in [-0.1, -0.05) is 23.2 Å². The zero-order valence-electron chi connectivity index (χ0n) is 11.3. The van der Waals surface area contributed by atoms with Crippen LogP contribution in [-0.2, 0) is 0 Å². The highest BCUT2D eigenvalue weighted by atomic mass is 35.5. The van der Waals surface area contributed by atoms with Gasteiger partial charge in [0.25, 0.3) is 5.91 Å². The normalized spacial score (nSPS) is 10.1. The predicted molar refractivity (Wildman–Crippen MR) is 81.8 cm³/mol. The van der Waals surface area contributed by atoms with Crippen LogP contribution in [0.2, 0.25) is 10.2 Å². The molecule has 1 aromatic heterocycles. The molecule has 5 nitrogen and oxygen atoms in total. The number of hydrogen-bond acceptors (Lipinski definition) is 4. The first-order chi connectivity index (χ1) is 10.0. The Balaban J connectivity index is 2.29. The number of amides is 1. The van der Waals surface area contributed by atoms with E-state index in [0.29, 0.717) is 17.2 Å². The van der Waals surface area contributed by atoms with Crippen molar-refractivity contribution < 1.29 is 14.3 Å². The van der Waals surface area contributed by atoms with Gasteiger partial charge in [-0.2, -0.15) is 0 Å². The van der Waals surface area contributed by atoms with Gasteiger partial charge in [-0.25, -0.2) is 4.98 Å². The molecule has 21 heavy (non-hydrogen) atoms. The number of methoxy groups -OCH3 is 2. The quantitative estimate of drug-likeness (QED) is 0.871. The van der Waals surface area contributed by atoms with Gasteiger partial charge in [-0.15, -0.1) is 0 Å². The number of ether oxygens (including phenoxy) is 2. The Morgan fingerprint density at radius 3 is 2.62 bits per heavy atom. The number of rotatable bonds is 4. The number of carbonyl (C=O) groups excluding carboxylic acids is 1. The van der Waals surface area contributed by atoms with E-state index in [-0.39, 0.29) is 15.7 Å². The molecule has 1 heterocycles. The van der Waals surface area contributed by atoms with Crippen molar-refractivity contribution in [2.75, 3.05) is 19.5 Å². The summed E-state index contributed by atoms with van der Waals surface area (Å²) in [6, 6.07) is 6.44. The molecule has 2 rings (SSSR count). The molecule has 0 bridgehead atoms. The third-order valence-corrected chi connectivity index (χ3v) is 3.23. The molecule has 2 aromatic rings. The lowest BCUT2D eigenvalue weighted by Gasteiger charge is -2.12. The third kappa shape index (κ3) is 3.56. The van der Waals surface area contributed by atoms with Gasteiger partial charge in [0.15, 0.2) is 0 Å². The standard InChI is InChI=1S/C14H12Cl2N2O3/c1-20-8-3-4-11(12(5-8)21-2)18-14(19)9-6-13(16)17-7-10(9)15/h3-7H,1-2H3,(H,18,19). The summed E-state index contributed by atoms with van der Waals surface area (Å²) in [5, 5.41) is 3.11. The van der Waals surface area contributed by atoms with E-state index in [1.807, 2.05) is 0 Å². The van der Waals surface area contributed by atoms with Crippen molar-refractivity contribution in [2.45, 2.75) is 0 Å². The zero-order valence-corrected chi connectivity index (χ0v) is 12.8. The molecule has 0 atom stereocenters. The number of nitrogens with one attached hydrogen (secondary N) is 1. The molecule has 0 unspecified atom stereocenters. The number of pyridine rings is 1. The average molecular weight is 327 g/mol. The molecule has 0 aliphatic heterocycles. The Kier molecular flexibility index (Phi) is 4.88. The van der Waals surface area contributed by atoms with Crippen LogP contribution < -0.4 is 14.8 Å². The monoisotopic (exact) mass is 326 g/mol. The van der Waals surface area contributed by atoms with E-state index < -0.39 is 5.91 Å². The molecule has 1 amide bonds. The number of carbonyl (C=O) groups is 1. The fraction of sp³-hybridized carbons (Fsp3) is 0.143. The SMILES string of the molecule is COc1ccc(NC(=O)c2cc(Cl)ncc2Cl)c(OC)c1. The van der Waals surface area contributed by atoms with Crippen LogP contribution in [0.15, 0.2) is 30.5 Å². The molecule has 0 aliphatic rings. The largest absolute Gasteiger partial charge is 0.497 e. The first-order valence-electron chi connectivity index (χ1n) is 5.89. The number of benzene rings is 1. The van der Waals surface area contributed by atoms with E-state index in [1.54, 1.807) is 25.3 Å². The first-order valence-corrected chi connectivity index (χ1v) is 6.65. The number of anilines is 1. The predicted octanol–water partition coefficient (Wildman–Crippen LogP) is 3.66. The van der Waals surface area contributed by atoms with Gasteiger partial charge >= 0.3 is 0 Å². The molecular formula is C14H12Cl2N2O3. The first kappa shape index (κ1) is 15.4. The third-order valence-electron chi connectivity index (χ3n) is 2.72. The molecule has 1 aromatic carbocycles. The van der Waals surface area contributed by atoms with Crippen molar-refractivity contribution in [3.8, 4) is 11.5 Å². The maximum atomic E-state index is 12.2. The van der Waals surface area contributed by atoms with E-state index in [9.17, 15) is 4.79 Å². The van der Waals surface area contributed by atoms with Gasteiger partial charge in [0, 0.05) is 12.3 Å².